The first-order chi connectivity index (χ1) is 22.2. The van der Waals surface area contributed by atoms with E-state index in [4.69, 9.17) is 4.74 Å². The second kappa shape index (κ2) is 23.3. The fourth-order valence-electron chi connectivity index (χ4n) is 6.19. The minimum Gasteiger partial charge on any atom is -0.508 e. The number of allylic oxidation sites excluding steroid dienone is 1. The van der Waals surface area contributed by atoms with Gasteiger partial charge >= 0.3 is 0 Å². The minimum atomic E-state index is 0.281. The van der Waals surface area contributed by atoms with Crippen LogP contribution >= 0.6 is 0 Å². The van der Waals surface area contributed by atoms with Crippen LogP contribution in [0.5, 0.6) is 11.5 Å². The Morgan fingerprint density at radius 3 is 1.53 bits per heavy atom. The van der Waals surface area contributed by atoms with Gasteiger partial charge in [-0.05, 0) is 71.5 Å². The lowest BCUT2D eigenvalue weighted by molar-refractivity contribution is 0.313. The van der Waals surface area contributed by atoms with Crippen molar-refractivity contribution in [3.8, 4) is 11.5 Å². The molecule has 3 heteroatoms. The van der Waals surface area contributed by atoms with E-state index in [-0.39, 0.29) is 5.75 Å². The van der Waals surface area contributed by atoms with Crippen molar-refractivity contribution in [3.63, 3.8) is 0 Å². The van der Waals surface area contributed by atoms with Crippen LogP contribution in [0, 0.1) is 0 Å². The van der Waals surface area contributed by atoms with Crippen LogP contribution in [-0.2, 0) is 0 Å². The summed E-state index contributed by atoms with van der Waals surface area (Å²) in [5.41, 5.74) is 5.94. The summed E-state index contributed by atoms with van der Waals surface area (Å²) >= 11 is 0. The molecule has 0 atom stereocenters. The Morgan fingerprint density at radius 1 is 0.533 bits per heavy atom. The van der Waals surface area contributed by atoms with Crippen molar-refractivity contribution in [1.29, 1.82) is 0 Å². The van der Waals surface area contributed by atoms with Crippen molar-refractivity contribution in [2.24, 2.45) is 0 Å². The van der Waals surface area contributed by atoms with E-state index in [2.05, 4.69) is 73.8 Å². The van der Waals surface area contributed by atoms with Gasteiger partial charge in [-0.15, -0.1) is 0 Å². The number of rotatable bonds is 25. The lowest BCUT2D eigenvalue weighted by atomic mass is 9.88. The van der Waals surface area contributed by atoms with Crippen LogP contribution in [0.2, 0.25) is 0 Å². The topological polar surface area (TPSA) is 41.5 Å². The van der Waals surface area contributed by atoms with E-state index in [1.807, 2.05) is 12.1 Å². The van der Waals surface area contributed by atoms with Crippen LogP contribution in [0.1, 0.15) is 140 Å². The van der Waals surface area contributed by atoms with Gasteiger partial charge in [-0.2, -0.15) is 0 Å². The third-order valence-corrected chi connectivity index (χ3v) is 8.83. The molecular weight excluding hydrogens is 550 g/mol. The first-order valence-electron chi connectivity index (χ1n) is 18.2. The number of nitrogens with one attached hydrogen (secondary N) is 1. The van der Waals surface area contributed by atoms with E-state index >= 15 is 0 Å². The molecule has 3 aromatic carbocycles. The molecule has 0 aromatic heterocycles. The molecule has 0 saturated heterocycles. The predicted octanol–water partition coefficient (Wildman–Crippen LogP) is 12.0. The van der Waals surface area contributed by atoms with E-state index in [1.54, 1.807) is 12.1 Å². The predicted molar refractivity (Wildman–Crippen MR) is 195 cm³/mol. The summed E-state index contributed by atoms with van der Waals surface area (Å²) in [4.78, 5) is 0. The number of unbranched alkanes of at least 4 members (excludes halogenated alkanes) is 15. The number of aromatic hydroxyl groups is 1. The maximum absolute atomic E-state index is 9.88. The van der Waals surface area contributed by atoms with Gasteiger partial charge in [-0.25, -0.2) is 0 Å². The van der Waals surface area contributed by atoms with Gasteiger partial charge in [0.2, 0.25) is 0 Å². The van der Waals surface area contributed by atoms with Crippen LogP contribution < -0.4 is 10.1 Å². The summed E-state index contributed by atoms with van der Waals surface area (Å²) in [6.45, 7) is 7.10. The van der Waals surface area contributed by atoms with Crippen LogP contribution in [0.3, 0.4) is 0 Å². The maximum Gasteiger partial charge on any atom is 0.119 e. The molecule has 0 aliphatic heterocycles. The average Bonchev–Trinajstić information content (AvgIpc) is 3.07. The molecule has 0 amide bonds. The lowest BCUT2D eigenvalue weighted by Crippen LogP contribution is -2.22. The van der Waals surface area contributed by atoms with Crippen molar-refractivity contribution < 1.29 is 9.84 Å². The molecular formula is C42H61NO2. The van der Waals surface area contributed by atoms with Crippen molar-refractivity contribution in [2.75, 3.05) is 19.7 Å². The van der Waals surface area contributed by atoms with Gasteiger partial charge < -0.3 is 15.2 Å². The van der Waals surface area contributed by atoms with Gasteiger partial charge in [0, 0.05) is 6.54 Å². The fourth-order valence-corrected chi connectivity index (χ4v) is 6.19. The van der Waals surface area contributed by atoms with Crippen LogP contribution in [0.4, 0.5) is 0 Å². The molecule has 0 aliphatic carbocycles. The molecule has 0 radical (unpaired) electrons. The van der Waals surface area contributed by atoms with E-state index in [1.165, 1.54) is 119 Å². The quantitative estimate of drug-likeness (QED) is 0.0739. The number of hydrogen-bond acceptors (Lipinski definition) is 3. The van der Waals surface area contributed by atoms with Gasteiger partial charge in [-0.3, -0.25) is 0 Å². The normalized spacial score (nSPS) is 11.9. The summed E-state index contributed by atoms with van der Waals surface area (Å²) in [5.74, 6) is 1.17. The standard InChI is InChI=1S/C42H61NO2/c1-3-5-6-7-8-9-10-11-12-13-14-15-16-17-18-22-33-43-34-35-45-40-31-27-38(28-32-40)42(37-25-29-39(44)30-26-37)41(4-2)36-23-20-19-21-24-36/h19-21,23-32,43-44H,3-18,22,33-35H2,1-2H3/b42-41-. The van der Waals surface area contributed by atoms with Crippen LogP contribution in [0.15, 0.2) is 78.9 Å². The van der Waals surface area contributed by atoms with Crippen LogP contribution in [-0.4, -0.2) is 24.8 Å². The zero-order valence-electron chi connectivity index (χ0n) is 28.5. The minimum absolute atomic E-state index is 0.281. The van der Waals surface area contributed by atoms with Gasteiger partial charge in [0.15, 0.2) is 0 Å². The largest absolute Gasteiger partial charge is 0.508 e. The summed E-state index contributed by atoms with van der Waals surface area (Å²) in [6.07, 6.45) is 23.4. The Balaban J connectivity index is 1.27. The van der Waals surface area contributed by atoms with Crippen molar-refractivity contribution in [2.45, 2.75) is 123 Å². The van der Waals surface area contributed by atoms with E-state index in [9.17, 15) is 5.11 Å². The van der Waals surface area contributed by atoms with Crippen molar-refractivity contribution in [3.05, 3.63) is 95.6 Å². The van der Waals surface area contributed by atoms with E-state index < -0.39 is 0 Å². The molecule has 45 heavy (non-hydrogen) atoms. The molecule has 0 spiro atoms. The zero-order valence-corrected chi connectivity index (χ0v) is 28.5. The molecule has 0 fully saturated rings. The molecule has 3 rings (SSSR count). The molecule has 0 saturated carbocycles. The first-order valence-corrected chi connectivity index (χ1v) is 18.2. The van der Waals surface area contributed by atoms with Gasteiger partial charge in [0.05, 0.1) is 0 Å². The molecule has 0 heterocycles. The average molecular weight is 612 g/mol. The Bertz CT molecular complexity index is 1170. The Labute approximate surface area is 275 Å². The smallest absolute Gasteiger partial charge is 0.119 e. The molecule has 246 valence electrons. The highest BCUT2D eigenvalue weighted by atomic mass is 16.5. The zero-order chi connectivity index (χ0) is 31.8. The monoisotopic (exact) mass is 611 g/mol. The maximum atomic E-state index is 9.88. The molecule has 0 unspecified atom stereocenters. The number of phenolic OH excluding ortho intramolecular Hbond substituents is 1. The highest BCUT2D eigenvalue weighted by Crippen LogP contribution is 2.35. The Hall–Kier alpha value is -3.04. The number of hydrogen-bond donors (Lipinski definition) is 2. The van der Waals surface area contributed by atoms with Crippen LogP contribution in [0.25, 0.3) is 11.1 Å². The lowest BCUT2D eigenvalue weighted by Gasteiger charge is -2.17. The SMILES string of the molecule is CCCCCCCCCCCCCCCCCCNCCOc1ccc(/C(=C(/CC)c2ccccc2)c2ccc(O)cc2)cc1. The third-order valence-electron chi connectivity index (χ3n) is 8.83. The Morgan fingerprint density at radius 2 is 1.02 bits per heavy atom. The molecule has 0 aliphatic rings. The van der Waals surface area contributed by atoms with Gasteiger partial charge in [-0.1, -0.05) is 165 Å². The van der Waals surface area contributed by atoms with Crippen molar-refractivity contribution >= 4 is 11.1 Å². The fraction of sp³-hybridized carbons (Fsp3) is 0.524. The van der Waals surface area contributed by atoms with Gasteiger partial charge in [0.1, 0.15) is 18.1 Å². The van der Waals surface area contributed by atoms with Crippen molar-refractivity contribution in [1.82, 2.24) is 5.32 Å². The first kappa shape index (κ1) is 36.4. The summed E-state index contributed by atoms with van der Waals surface area (Å²) in [5, 5.41) is 13.4. The number of phenols is 1. The molecule has 3 nitrogen and oxygen atoms in total. The number of benzene rings is 3. The summed E-state index contributed by atoms with van der Waals surface area (Å²) in [7, 11) is 0. The highest BCUT2D eigenvalue weighted by molar-refractivity contribution is 5.98. The molecule has 2 N–H and O–H groups in total. The third kappa shape index (κ3) is 14.7. The summed E-state index contributed by atoms with van der Waals surface area (Å²) < 4.78 is 6.06. The van der Waals surface area contributed by atoms with E-state index in [0.29, 0.717) is 6.61 Å². The molecule has 0 bridgehead atoms. The summed E-state index contributed by atoms with van der Waals surface area (Å²) in [6, 6.07) is 26.5. The molecule has 3 aromatic rings. The second-order valence-corrected chi connectivity index (χ2v) is 12.5. The second-order valence-electron chi connectivity index (χ2n) is 12.5. The highest BCUT2D eigenvalue weighted by Gasteiger charge is 2.13. The Kier molecular flexibility index (Phi) is 18.9. The number of ether oxygens (including phenoxy) is 1. The van der Waals surface area contributed by atoms with E-state index in [0.717, 1.165) is 36.4 Å². The van der Waals surface area contributed by atoms with Gasteiger partial charge in [0.25, 0.3) is 0 Å².